The molecule has 2 aromatic carbocycles. The maximum atomic E-state index is 13.8. The van der Waals surface area contributed by atoms with Gasteiger partial charge < -0.3 is 24.8 Å². The number of halogens is 3. The summed E-state index contributed by atoms with van der Waals surface area (Å²) in [6, 6.07) is 14.1. The molecule has 1 unspecified atom stereocenters. The lowest BCUT2D eigenvalue weighted by Gasteiger charge is -2.31. The van der Waals surface area contributed by atoms with Gasteiger partial charge in [0, 0.05) is 45.6 Å². The average molecular weight is 533 g/mol. The second-order valence-corrected chi connectivity index (χ2v) is 10.2. The molecule has 2 aromatic rings. The number of nitrogens with one attached hydrogen (secondary N) is 1. The van der Waals surface area contributed by atoms with Crippen LogP contribution in [0.25, 0.3) is 0 Å². The highest BCUT2D eigenvalue weighted by molar-refractivity contribution is 6.30. The van der Waals surface area contributed by atoms with Crippen molar-refractivity contribution in [3.05, 3.63) is 89.0 Å². The van der Waals surface area contributed by atoms with Crippen LogP contribution >= 0.6 is 11.6 Å². The summed E-state index contributed by atoms with van der Waals surface area (Å²) in [7, 11) is 3.62. The number of likely N-dealkylation sites (N-methyl/N-ethyl adjacent to an activating group) is 1. The number of alkyl halides is 2. The number of carbonyl (C=O) groups excluding carboxylic acids is 1. The lowest BCUT2D eigenvalue weighted by molar-refractivity contribution is -0.159. The van der Waals surface area contributed by atoms with Gasteiger partial charge in [0.2, 0.25) is 0 Å². The van der Waals surface area contributed by atoms with Crippen LogP contribution in [0.5, 0.6) is 5.75 Å². The second kappa shape index (κ2) is 11.9. The van der Waals surface area contributed by atoms with Crippen LogP contribution in [0.3, 0.4) is 0 Å². The second-order valence-electron chi connectivity index (χ2n) is 9.75. The third kappa shape index (κ3) is 7.61. The average Bonchev–Trinajstić information content (AvgIpc) is 3.15. The molecule has 1 N–H and O–H groups in total. The fourth-order valence-electron chi connectivity index (χ4n) is 4.29. The molecule has 1 heterocycles. The van der Waals surface area contributed by atoms with Crippen molar-refractivity contribution in [1.29, 1.82) is 0 Å². The van der Waals surface area contributed by atoms with E-state index in [0.717, 1.165) is 11.1 Å². The highest BCUT2D eigenvalue weighted by atomic mass is 35.5. The van der Waals surface area contributed by atoms with E-state index in [1.54, 1.807) is 35.2 Å². The molecule has 3 rings (SSSR count). The molecule has 200 valence electrons. The highest BCUT2D eigenvalue weighted by Gasteiger charge is 2.38. The number of rotatable bonds is 11. The van der Waals surface area contributed by atoms with Crippen molar-refractivity contribution in [2.75, 3.05) is 20.6 Å². The molecule has 0 saturated heterocycles. The van der Waals surface area contributed by atoms with E-state index < -0.39 is 6.11 Å². The Kier molecular flexibility index (Phi) is 9.07. The summed E-state index contributed by atoms with van der Waals surface area (Å²) in [5.74, 6) is 0.882. The molecular formula is C28H35ClF2N4O2. The van der Waals surface area contributed by atoms with Crippen molar-refractivity contribution in [3.63, 3.8) is 0 Å². The van der Waals surface area contributed by atoms with E-state index >= 15 is 0 Å². The Hall–Kier alpha value is -3.26. The zero-order chi connectivity index (χ0) is 27.3. The molecule has 0 saturated carbocycles. The van der Waals surface area contributed by atoms with E-state index in [0.29, 0.717) is 48.9 Å². The van der Waals surface area contributed by atoms with Gasteiger partial charge in [-0.1, -0.05) is 56.3 Å². The monoisotopic (exact) mass is 532 g/mol. The lowest BCUT2D eigenvalue weighted by Crippen LogP contribution is -2.42. The Morgan fingerprint density at radius 3 is 2.49 bits per heavy atom. The van der Waals surface area contributed by atoms with Crippen molar-refractivity contribution in [2.45, 2.75) is 46.0 Å². The third-order valence-electron chi connectivity index (χ3n) is 5.90. The van der Waals surface area contributed by atoms with Gasteiger partial charge in [-0.3, -0.25) is 4.79 Å². The molecule has 0 aliphatic carbocycles. The Bertz CT molecular complexity index is 1130. The van der Waals surface area contributed by atoms with Crippen LogP contribution in [-0.4, -0.2) is 53.5 Å². The van der Waals surface area contributed by atoms with Crippen LogP contribution in [0, 0.1) is 5.92 Å². The number of hydrogen-bond donors (Lipinski definition) is 1. The zero-order valence-corrected chi connectivity index (χ0v) is 22.7. The normalized spacial score (nSPS) is 15.6. The molecule has 0 radical (unpaired) electrons. The van der Waals surface area contributed by atoms with Gasteiger partial charge >= 0.3 is 6.11 Å². The fraction of sp³-hybridized carbons (Fsp3) is 0.393. The summed E-state index contributed by atoms with van der Waals surface area (Å²) in [4.78, 5) is 19.3. The van der Waals surface area contributed by atoms with E-state index in [2.05, 4.69) is 25.7 Å². The van der Waals surface area contributed by atoms with E-state index in [-0.39, 0.29) is 17.8 Å². The van der Waals surface area contributed by atoms with E-state index in [9.17, 15) is 13.6 Å². The van der Waals surface area contributed by atoms with E-state index in [4.69, 9.17) is 16.3 Å². The molecule has 1 aliphatic rings. The van der Waals surface area contributed by atoms with Gasteiger partial charge in [0.25, 0.3) is 5.91 Å². The SMILES string of the molecule is C=CN(C)C1=C(C(=O)N(C)CC(C)C)N(Cc2ccc(Cl)cc2)C(Cc2cccc(OC(C)(F)F)c2)N1. The minimum Gasteiger partial charge on any atom is -0.433 e. The molecule has 37 heavy (non-hydrogen) atoms. The summed E-state index contributed by atoms with van der Waals surface area (Å²) in [6.45, 7) is 9.73. The van der Waals surface area contributed by atoms with Gasteiger partial charge in [-0.05, 0) is 47.5 Å². The smallest absolute Gasteiger partial charge is 0.394 e. The summed E-state index contributed by atoms with van der Waals surface area (Å²) >= 11 is 6.10. The predicted molar refractivity (Wildman–Crippen MR) is 143 cm³/mol. The topological polar surface area (TPSA) is 48.1 Å². The van der Waals surface area contributed by atoms with E-state index in [1.165, 1.54) is 6.07 Å². The van der Waals surface area contributed by atoms with Gasteiger partial charge in [-0.2, -0.15) is 8.78 Å². The summed E-state index contributed by atoms with van der Waals surface area (Å²) in [5.41, 5.74) is 2.27. The van der Waals surface area contributed by atoms with Crippen LogP contribution in [0.1, 0.15) is 31.9 Å². The number of ether oxygens (including phenoxy) is 1. The van der Waals surface area contributed by atoms with Crippen molar-refractivity contribution >= 4 is 17.5 Å². The molecule has 0 bridgehead atoms. The van der Waals surface area contributed by atoms with Crippen LogP contribution < -0.4 is 10.1 Å². The largest absolute Gasteiger partial charge is 0.433 e. The minimum atomic E-state index is -3.28. The van der Waals surface area contributed by atoms with Crippen LogP contribution in [0.15, 0.2) is 72.8 Å². The number of carbonyl (C=O) groups is 1. The van der Waals surface area contributed by atoms with Gasteiger partial charge in [0.15, 0.2) is 0 Å². The van der Waals surface area contributed by atoms with Crippen molar-refractivity contribution < 1.29 is 18.3 Å². The van der Waals surface area contributed by atoms with Crippen molar-refractivity contribution in [2.24, 2.45) is 5.92 Å². The highest BCUT2D eigenvalue weighted by Crippen LogP contribution is 2.30. The first-order chi connectivity index (χ1) is 17.4. The minimum absolute atomic E-state index is 0.0802. The predicted octanol–water partition coefficient (Wildman–Crippen LogP) is 5.66. The van der Waals surface area contributed by atoms with Crippen molar-refractivity contribution in [3.8, 4) is 5.75 Å². The summed E-state index contributed by atoms with van der Waals surface area (Å²) < 4.78 is 31.7. The first kappa shape index (κ1) is 28.3. The molecule has 0 aromatic heterocycles. The zero-order valence-electron chi connectivity index (χ0n) is 22.0. The number of benzene rings is 2. The van der Waals surface area contributed by atoms with Gasteiger partial charge in [0.1, 0.15) is 23.4 Å². The number of hydrogen-bond acceptors (Lipinski definition) is 5. The number of amides is 1. The van der Waals surface area contributed by atoms with Crippen LogP contribution in [0.4, 0.5) is 8.78 Å². The van der Waals surface area contributed by atoms with Crippen LogP contribution in [-0.2, 0) is 17.8 Å². The van der Waals surface area contributed by atoms with E-state index in [1.807, 2.05) is 42.3 Å². The molecular weight excluding hydrogens is 498 g/mol. The van der Waals surface area contributed by atoms with Crippen molar-refractivity contribution in [1.82, 2.24) is 20.0 Å². The molecule has 1 aliphatic heterocycles. The molecule has 0 fully saturated rings. The maximum absolute atomic E-state index is 13.8. The molecule has 1 atom stereocenters. The Balaban J connectivity index is 2.00. The Morgan fingerprint density at radius 1 is 1.22 bits per heavy atom. The van der Waals surface area contributed by atoms with Gasteiger partial charge in [0.05, 0.1) is 0 Å². The number of nitrogens with zero attached hydrogens (tertiary/aromatic N) is 3. The molecule has 1 amide bonds. The summed E-state index contributed by atoms with van der Waals surface area (Å²) in [5, 5.41) is 4.10. The quantitative estimate of drug-likeness (QED) is 0.404. The molecule has 6 nitrogen and oxygen atoms in total. The molecule has 0 spiro atoms. The molecule has 9 heteroatoms. The lowest BCUT2D eigenvalue weighted by atomic mass is 10.1. The van der Waals surface area contributed by atoms with Crippen LogP contribution in [0.2, 0.25) is 5.02 Å². The van der Waals surface area contributed by atoms with Gasteiger partial charge in [-0.25, -0.2) is 0 Å². The standard InChI is InChI=1S/C28H35ClF2N4O2/c1-7-33(5)26-25(27(36)34(6)17-19(2)3)35(18-20-11-13-22(29)14-12-20)24(32-26)16-21-9-8-10-23(15-21)37-28(4,30)31/h7-15,19,24,32H,1,16-18H2,2-6H3. The van der Waals surface area contributed by atoms with Gasteiger partial charge in [-0.15, -0.1) is 0 Å². The first-order valence-corrected chi connectivity index (χ1v) is 12.5. The summed E-state index contributed by atoms with van der Waals surface area (Å²) in [6.07, 6.45) is -1.55. The Morgan fingerprint density at radius 2 is 1.89 bits per heavy atom. The first-order valence-electron chi connectivity index (χ1n) is 12.2. The maximum Gasteiger partial charge on any atom is 0.394 e. The Labute approximate surface area is 223 Å². The third-order valence-corrected chi connectivity index (χ3v) is 6.15. The fourth-order valence-corrected chi connectivity index (χ4v) is 4.42.